The number of benzene rings is 1. The van der Waals surface area contributed by atoms with E-state index in [1.165, 1.54) is 19.5 Å². The molecule has 0 radical (unpaired) electrons. The molecule has 0 saturated carbocycles. The highest BCUT2D eigenvalue weighted by molar-refractivity contribution is 6.39. The van der Waals surface area contributed by atoms with E-state index >= 15 is 0 Å². The molecule has 10 heteroatoms. The highest BCUT2D eigenvalue weighted by Crippen LogP contribution is 2.34. The standard InChI is InChI=1S/C20H18Cl2N4O4/c1-29-15-3-2-11(19(27)25-17-13(21)9-24-10-14(17)22)12-8-16(30-18(12)15)20(28)26-6-4-23-5-7-26/h2-3,8-10,23H,4-7H2,1H3,(H,24,25,27). The Morgan fingerprint density at radius 2 is 1.90 bits per heavy atom. The van der Waals surface area contributed by atoms with Crippen molar-refractivity contribution in [3.63, 3.8) is 0 Å². The summed E-state index contributed by atoms with van der Waals surface area (Å²) in [5.41, 5.74) is 0.858. The largest absolute Gasteiger partial charge is 0.493 e. The predicted molar refractivity (Wildman–Crippen MR) is 114 cm³/mol. The average molecular weight is 449 g/mol. The number of ether oxygens (including phenoxy) is 1. The van der Waals surface area contributed by atoms with Crippen molar-refractivity contribution in [3.8, 4) is 5.75 Å². The smallest absolute Gasteiger partial charge is 0.289 e. The Hall–Kier alpha value is -2.81. The molecule has 3 heterocycles. The first-order valence-electron chi connectivity index (χ1n) is 9.20. The molecule has 30 heavy (non-hydrogen) atoms. The third-order valence-electron chi connectivity index (χ3n) is 4.82. The number of hydrogen-bond acceptors (Lipinski definition) is 6. The fourth-order valence-electron chi connectivity index (χ4n) is 3.30. The lowest BCUT2D eigenvalue weighted by Crippen LogP contribution is -2.46. The van der Waals surface area contributed by atoms with Crippen LogP contribution in [0.4, 0.5) is 5.69 Å². The van der Waals surface area contributed by atoms with E-state index in [1.54, 1.807) is 23.1 Å². The normalized spacial score (nSPS) is 14.0. The van der Waals surface area contributed by atoms with E-state index in [4.69, 9.17) is 32.4 Å². The van der Waals surface area contributed by atoms with Gasteiger partial charge in [0.15, 0.2) is 17.1 Å². The number of hydrogen-bond donors (Lipinski definition) is 2. The van der Waals surface area contributed by atoms with Gasteiger partial charge in [0.25, 0.3) is 11.8 Å². The van der Waals surface area contributed by atoms with Gasteiger partial charge in [0.1, 0.15) is 0 Å². The summed E-state index contributed by atoms with van der Waals surface area (Å²) >= 11 is 12.2. The summed E-state index contributed by atoms with van der Waals surface area (Å²) in [7, 11) is 1.49. The molecule has 2 amide bonds. The van der Waals surface area contributed by atoms with Crippen LogP contribution < -0.4 is 15.4 Å². The monoisotopic (exact) mass is 448 g/mol. The molecular weight excluding hydrogens is 431 g/mol. The molecule has 1 saturated heterocycles. The van der Waals surface area contributed by atoms with Crippen LogP contribution in [0.5, 0.6) is 5.75 Å². The molecule has 1 fully saturated rings. The van der Waals surface area contributed by atoms with Gasteiger partial charge in [0, 0.05) is 44.0 Å². The number of fused-ring (bicyclic) bond motifs is 1. The summed E-state index contributed by atoms with van der Waals surface area (Å²) < 4.78 is 11.2. The Kier molecular flexibility index (Phi) is 5.80. The zero-order valence-electron chi connectivity index (χ0n) is 16.0. The maximum Gasteiger partial charge on any atom is 0.289 e. The minimum Gasteiger partial charge on any atom is -0.493 e. The van der Waals surface area contributed by atoms with Gasteiger partial charge < -0.3 is 24.7 Å². The number of nitrogens with zero attached hydrogens (tertiary/aromatic N) is 2. The molecule has 8 nitrogen and oxygen atoms in total. The number of nitrogens with one attached hydrogen (secondary N) is 2. The number of aromatic nitrogens is 1. The summed E-state index contributed by atoms with van der Waals surface area (Å²) in [6.07, 6.45) is 2.77. The highest BCUT2D eigenvalue weighted by Gasteiger charge is 2.25. The van der Waals surface area contributed by atoms with E-state index in [-0.39, 0.29) is 33.0 Å². The molecule has 0 spiro atoms. The maximum atomic E-state index is 13.0. The van der Waals surface area contributed by atoms with Crippen molar-refractivity contribution < 1.29 is 18.7 Å². The summed E-state index contributed by atoms with van der Waals surface area (Å²) in [5.74, 6) is -0.132. The van der Waals surface area contributed by atoms with Crippen molar-refractivity contribution in [1.29, 1.82) is 0 Å². The van der Waals surface area contributed by atoms with Gasteiger partial charge in [-0.25, -0.2) is 0 Å². The van der Waals surface area contributed by atoms with E-state index in [0.717, 1.165) is 13.1 Å². The zero-order valence-corrected chi connectivity index (χ0v) is 17.5. The first kappa shape index (κ1) is 20.5. The maximum absolute atomic E-state index is 13.0. The van der Waals surface area contributed by atoms with E-state index in [1.807, 2.05) is 0 Å². The first-order chi connectivity index (χ1) is 14.5. The molecule has 1 aromatic carbocycles. The van der Waals surface area contributed by atoms with Crippen LogP contribution in [0.3, 0.4) is 0 Å². The molecule has 156 valence electrons. The molecule has 0 aliphatic carbocycles. The van der Waals surface area contributed by atoms with Gasteiger partial charge in [-0.05, 0) is 18.2 Å². The number of carbonyl (C=O) groups is 2. The molecule has 0 bridgehead atoms. The fourth-order valence-corrected chi connectivity index (χ4v) is 3.76. The number of furan rings is 1. The minimum atomic E-state index is -0.459. The number of anilines is 1. The van der Waals surface area contributed by atoms with Crippen molar-refractivity contribution in [2.24, 2.45) is 0 Å². The Labute approximate surface area is 182 Å². The fraction of sp³-hybridized carbons (Fsp3) is 0.250. The second-order valence-electron chi connectivity index (χ2n) is 6.64. The Balaban J connectivity index is 1.72. The molecule has 0 atom stereocenters. The van der Waals surface area contributed by atoms with Crippen LogP contribution >= 0.6 is 23.2 Å². The molecule has 2 N–H and O–H groups in total. The SMILES string of the molecule is COc1ccc(C(=O)Nc2c(Cl)cncc2Cl)c2cc(C(=O)N3CCNCC3)oc12. The van der Waals surface area contributed by atoms with Crippen LogP contribution in [0.2, 0.25) is 10.0 Å². The van der Waals surface area contributed by atoms with Gasteiger partial charge in [-0.15, -0.1) is 0 Å². The second kappa shape index (κ2) is 8.51. The lowest BCUT2D eigenvalue weighted by molar-refractivity contribution is 0.0706. The van der Waals surface area contributed by atoms with Crippen LogP contribution in [-0.2, 0) is 0 Å². The van der Waals surface area contributed by atoms with Gasteiger partial charge in [0.2, 0.25) is 0 Å². The number of amides is 2. The molecular formula is C20H18Cl2N4O4. The first-order valence-corrected chi connectivity index (χ1v) is 9.96. The van der Waals surface area contributed by atoms with Crippen molar-refractivity contribution in [2.45, 2.75) is 0 Å². The van der Waals surface area contributed by atoms with Crippen LogP contribution in [0, 0.1) is 0 Å². The van der Waals surface area contributed by atoms with Crippen LogP contribution in [-0.4, -0.2) is 55.0 Å². The second-order valence-corrected chi connectivity index (χ2v) is 7.46. The van der Waals surface area contributed by atoms with Gasteiger partial charge in [-0.2, -0.15) is 0 Å². The molecule has 4 rings (SSSR count). The van der Waals surface area contributed by atoms with Crippen molar-refractivity contribution in [1.82, 2.24) is 15.2 Å². The number of methoxy groups -OCH3 is 1. The van der Waals surface area contributed by atoms with Gasteiger partial charge in [-0.3, -0.25) is 14.6 Å². The minimum absolute atomic E-state index is 0.144. The summed E-state index contributed by atoms with van der Waals surface area (Å²) in [6, 6.07) is 4.76. The van der Waals surface area contributed by atoms with Crippen molar-refractivity contribution >= 4 is 51.7 Å². The summed E-state index contributed by atoms with van der Waals surface area (Å²) in [4.78, 5) is 31.4. The van der Waals surface area contributed by atoms with Crippen molar-refractivity contribution in [2.75, 3.05) is 38.6 Å². The third-order valence-corrected chi connectivity index (χ3v) is 5.39. The quantitative estimate of drug-likeness (QED) is 0.634. The topological polar surface area (TPSA) is 96.7 Å². The summed E-state index contributed by atoms with van der Waals surface area (Å²) in [5, 5.41) is 6.77. The van der Waals surface area contributed by atoms with E-state index in [2.05, 4.69) is 15.6 Å². The zero-order chi connectivity index (χ0) is 21.3. The number of rotatable bonds is 4. The molecule has 2 aromatic heterocycles. The Morgan fingerprint density at radius 3 is 2.57 bits per heavy atom. The van der Waals surface area contributed by atoms with E-state index < -0.39 is 5.91 Å². The Bertz CT molecular complexity index is 1110. The lowest BCUT2D eigenvalue weighted by Gasteiger charge is -2.26. The van der Waals surface area contributed by atoms with E-state index in [0.29, 0.717) is 29.8 Å². The molecule has 0 unspecified atom stereocenters. The van der Waals surface area contributed by atoms with Crippen LogP contribution in [0.25, 0.3) is 11.0 Å². The number of carbonyl (C=O) groups excluding carboxylic acids is 2. The van der Waals surface area contributed by atoms with Gasteiger partial charge in [-0.1, -0.05) is 23.2 Å². The van der Waals surface area contributed by atoms with Crippen LogP contribution in [0.15, 0.2) is 35.0 Å². The lowest BCUT2D eigenvalue weighted by atomic mass is 10.1. The van der Waals surface area contributed by atoms with Gasteiger partial charge in [0.05, 0.1) is 28.4 Å². The number of pyridine rings is 1. The highest BCUT2D eigenvalue weighted by atomic mass is 35.5. The molecule has 3 aromatic rings. The number of halogens is 2. The summed E-state index contributed by atoms with van der Waals surface area (Å²) in [6.45, 7) is 2.60. The Morgan fingerprint density at radius 1 is 1.20 bits per heavy atom. The molecule has 1 aliphatic heterocycles. The van der Waals surface area contributed by atoms with Crippen molar-refractivity contribution in [3.05, 3.63) is 52.0 Å². The third kappa shape index (κ3) is 3.81. The van der Waals surface area contributed by atoms with Gasteiger partial charge >= 0.3 is 0 Å². The molecule has 1 aliphatic rings. The van der Waals surface area contributed by atoms with E-state index in [9.17, 15) is 9.59 Å². The van der Waals surface area contributed by atoms with Crippen LogP contribution in [0.1, 0.15) is 20.9 Å². The average Bonchev–Trinajstić information content (AvgIpc) is 3.21. The predicted octanol–water partition coefficient (Wildman–Crippen LogP) is 3.44. The number of piperazine rings is 1.